The van der Waals surface area contributed by atoms with Crippen LogP contribution in [0.2, 0.25) is 0 Å². The summed E-state index contributed by atoms with van der Waals surface area (Å²) in [5.74, 6) is 0.634. The minimum Gasteiger partial charge on any atom is -0.381 e. The van der Waals surface area contributed by atoms with Gasteiger partial charge in [0.15, 0.2) is 0 Å². The van der Waals surface area contributed by atoms with E-state index in [1.165, 1.54) is 5.57 Å². The van der Waals surface area contributed by atoms with E-state index < -0.39 is 0 Å². The summed E-state index contributed by atoms with van der Waals surface area (Å²) in [6.07, 6.45) is 8.03. The average Bonchev–Trinajstić information content (AvgIpc) is 2.15. The molecular formula is C11H16O. The molecule has 0 atom stereocenters. The Hall–Kier alpha value is -0.820. The third-order valence-corrected chi connectivity index (χ3v) is 2.24. The Morgan fingerprint density at radius 3 is 2.42 bits per heavy atom. The molecule has 0 saturated carbocycles. The molecule has 1 aliphatic rings. The lowest BCUT2D eigenvalue weighted by atomic mass is 9.91. The first-order valence-electron chi connectivity index (χ1n) is 4.41. The van der Waals surface area contributed by atoms with Crippen molar-refractivity contribution in [3.05, 3.63) is 37.0 Å². The van der Waals surface area contributed by atoms with Crippen molar-refractivity contribution in [3.8, 4) is 0 Å². The van der Waals surface area contributed by atoms with Gasteiger partial charge in [0, 0.05) is 13.2 Å². The van der Waals surface area contributed by atoms with Crippen molar-refractivity contribution in [1.82, 2.24) is 0 Å². The van der Waals surface area contributed by atoms with Gasteiger partial charge in [-0.1, -0.05) is 31.4 Å². The summed E-state index contributed by atoms with van der Waals surface area (Å²) in [5, 5.41) is 0. The topological polar surface area (TPSA) is 9.23 Å². The Bertz CT molecular complexity index is 185. The minimum absolute atomic E-state index is 0.634. The molecule has 66 valence electrons. The van der Waals surface area contributed by atoms with Crippen LogP contribution in [0.5, 0.6) is 0 Å². The summed E-state index contributed by atoms with van der Waals surface area (Å²) in [4.78, 5) is 0. The molecule has 0 spiro atoms. The third kappa shape index (κ3) is 2.35. The van der Waals surface area contributed by atoms with E-state index in [0.29, 0.717) is 5.92 Å². The number of allylic oxidation sites excluding steroid dienone is 4. The first-order valence-corrected chi connectivity index (χ1v) is 4.41. The van der Waals surface area contributed by atoms with Gasteiger partial charge in [0.25, 0.3) is 0 Å². The van der Waals surface area contributed by atoms with Gasteiger partial charge < -0.3 is 4.74 Å². The molecule has 1 heterocycles. The lowest BCUT2D eigenvalue weighted by Crippen LogP contribution is -2.16. The van der Waals surface area contributed by atoms with E-state index in [2.05, 4.69) is 13.2 Å². The van der Waals surface area contributed by atoms with Crippen LogP contribution in [-0.2, 0) is 4.74 Å². The van der Waals surface area contributed by atoms with E-state index in [9.17, 15) is 0 Å². The van der Waals surface area contributed by atoms with Gasteiger partial charge in [-0.25, -0.2) is 0 Å². The second-order valence-corrected chi connectivity index (χ2v) is 2.99. The smallest absolute Gasteiger partial charge is 0.0471 e. The number of hydrogen-bond acceptors (Lipinski definition) is 1. The summed E-state index contributed by atoms with van der Waals surface area (Å²) in [6, 6.07) is 0. The predicted octanol–water partition coefficient (Wildman–Crippen LogP) is 2.71. The summed E-state index contributed by atoms with van der Waals surface area (Å²) in [7, 11) is 0. The maximum atomic E-state index is 5.29. The van der Waals surface area contributed by atoms with E-state index in [-0.39, 0.29) is 0 Å². The second kappa shape index (κ2) is 4.94. The summed E-state index contributed by atoms with van der Waals surface area (Å²) >= 11 is 0. The number of ether oxygens (including phenoxy) is 1. The van der Waals surface area contributed by atoms with Crippen LogP contribution >= 0.6 is 0 Å². The van der Waals surface area contributed by atoms with E-state index in [1.807, 2.05) is 18.2 Å². The molecule has 0 unspecified atom stereocenters. The fourth-order valence-corrected chi connectivity index (χ4v) is 1.54. The van der Waals surface area contributed by atoms with Crippen molar-refractivity contribution in [1.29, 1.82) is 0 Å². The molecule has 1 nitrogen and oxygen atoms in total. The van der Waals surface area contributed by atoms with Gasteiger partial charge in [-0.2, -0.15) is 0 Å². The predicted molar refractivity (Wildman–Crippen MR) is 52.0 cm³/mol. The van der Waals surface area contributed by atoms with Crippen LogP contribution < -0.4 is 0 Å². The quantitative estimate of drug-likeness (QED) is 0.583. The molecular weight excluding hydrogens is 148 g/mol. The van der Waals surface area contributed by atoms with Crippen LogP contribution in [0, 0.1) is 5.92 Å². The van der Waals surface area contributed by atoms with Crippen molar-refractivity contribution in [2.45, 2.75) is 12.8 Å². The molecule has 0 aliphatic carbocycles. The highest BCUT2D eigenvalue weighted by atomic mass is 16.5. The third-order valence-electron chi connectivity index (χ3n) is 2.24. The number of rotatable bonds is 3. The van der Waals surface area contributed by atoms with Gasteiger partial charge in [-0.15, -0.1) is 0 Å². The fourth-order valence-electron chi connectivity index (χ4n) is 1.54. The van der Waals surface area contributed by atoms with Gasteiger partial charge in [-0.05, 0) is 24.3 Å². The van der Waals surface area contributed by atoms with Crippen LogP contribution in [0.15, 0.2) is 37.0 Å². The molecule has 1 fully saturated rings. The Morgan fingerprint density at radius 1 is 1.25 bits per heavy atom. The molecule has 1 saturated heterocycles. The van der Waals surface area contributed by atoms with E-state index in [4.69, 9.17) is 4.74 Å². The van der Waals surface area contributed by atoms with Gasteiger partial charge in [0.1, 0.15) is 0 Å². The van der Waals surface area contributed by atoms with Crippen molar-refractivity contribution in [2.75, 3.05) is 13.2 Å². The first-order chi connectivity index (χ1) is 5.88. The van der Waals surface area contributed by atoms with Crippen LogP contribution in [0.25, 0.3) is 0 Å². The highest BCUT2D eigenvalue weighted by molar-refractivity contribution is 5.24. The van der Waals surface area contributed by atoms with Gasteiger partial charge in [0.05, 0.1) is 0 Å². The highest BCUT2D eigenvalue weighted by Gasteiger charge is 2.15. The van der Waals surface area contributed by atoms with Crippen LogP contribution in [0.4, 0.5) is 0 Å². The molecule has 0 aromatic rings. The minimum atomic E-state index is 0.634. The van der Waals surface area contributed by atoms with Crippen LogP contribution in [0.3, 0.4) is 0 Å². The van der Waals surface area contributed by atoms with E-state index >= 15 is 0 Å². The maximum Gasteiger partial charge on any atom is 0.0471 e. The normalized spacial score (nSPS) is 20.5. The zero-order valence-corrected chi connectivity index (χ0v) is 7.46. The van der Waals surface area contributed by atoms with Gasteiger partial charge in [0.2, 0.25) is 0 Å². The molecule has 12 heavy (non-hydrogen) atoms. The standard InChI is InChI=1S/C11H16O/c1-3-5-10(4-2)11-6-8-12-9-7-11/h3-5,11H,1-2,6-9H2/b10-5+. The molecule has 1 rings (SSSR count). The van der Waals surface area contributed by atoms with Gasteiger partial charge >= 0.3 is 0 Å². The zero-order valence-electron chi connectivity index (χ0n) is 7.46. The van der Waals surface area contributed by atoms with E-state index in [1.54, 1.807) is 0 Å². The summed E-state index contributed by atoms with van der Waals surface area (Å²) in [6.45, 7) is 9.25. The number of hydrogen-bond donors (Lipinski definition) is 0. The molecule has 0 amide bonds. The molecule has 0 bridgehead atoms. The molecule has 0 aromatic heterocycles. The Labute approximate surface area is 74.4 Å². The first kappa shape index (κ1) is 9.27. The lowest BCUT2D eigenvalue weighted by Gasteiger charge is -2.22. The van der Waals surface area contributed by atoms with Crippen LogP contribution in [-0.4, -0.2) is 13.2 Å². The molecule has 1 aliphatic heterocycles. The van der Waals surface area contributed by atoms with Crippen LogP contribution in [0.1, 0.15) is 12.8 Å². The van der Waals surface area contributed by atoms with Crippen molar-refractivity contribution >= 4 is 0 Å². The second-order valence-electron chi connectivity index (χ2n) is 2.99. The fraction of sp³-hybridized carbons (Fsp3) is 0.455. The maximum absolute atomic E-state index is 5.29. The van der Waals surface area contributed by atoms with E-state index in [0.717, 1.165) is 26.1 Å². The Morgan fingerprint density at radius 2 is 1.92 bits per heavy atom. The molecule has 1 heteroatoms. The Kier molecular flexibility index (Phi) is 3.81. The van der Waals surface area contributed by atoms with Crippen molar-refractivity contribution in [3.63, 3.8) is 0 Å². The highest BCUT2D eigenvalue weighted by Crippen LogP contribution is 2.23. The molecule has 0 radical (unpaired) electrons. The van der Waals surface area contributed by atoms with Crippen molar-refractivity contribution < 1.29 is 4.74 Å². The summed E-state index contributed by atoms with van der Waals surface area (Å²) in [5.41, 5.74) is 1.30. The van der Waals surface area contributed by atoms with Crippen molar-refractivity contribution in [2.24, 2.45) is 5.92 Å². The average molecular weight is 164 g/mol. The molecule has 0 aromatic carbocycles. The van der Waals surface area contributed by atoms with Gasteiger partial charge in [-0.3, -0.25) is 0 Å². The lowest BCUT2D eigenvalue weighted by molar-refractivity contribution is 0.0766. The largest absolute Gasteiger partial charge is 0.381 e. The molecule has 0 N–H and O–H groups in total. The zero-order chi connectivity index (χ0) is 8.81. The summed E-state index contributed by atoms with van der Waals surface area (Å²) < 4.78 is 5.29. The monoisotopic (exact) mass is 164 g/mol. The SMILES string of the molecule is C=C/C=C(\C=C)C1CCOCC1. The Balaban J connectivity index is 2.57.